The Labute approximate surface area is 221 Å². The molecule has 35 heavy (non-hydrogen) atoms. The lowest BCUT2D eigenvalue weighted by atomic mass is 10.0. The molecule has 2 nitrogen and oxygen atoms in total. The van der Waals surface area contributed by atoms with Crippen LogP contribution in [0.4, 0.5) is 0 Å². The third-order valence-electron chi connectivity index (χ3n) is 7.35. The monoisotopic (exact) mass is 492 g/mol. The van der Waals surface area contributed by atoms with Gasteiger partial charge in [0.25, 0.3) is 0 Å². The first-order valence-electron chi connectivity index (χ1n) is 16.1. The topological polar surface area (TPSA) is 26.3 Å². The summed E-state index contributed by atoms with van der Waals surface area (Å²) in [4.78, 5) is 12.1. The molecule has 0 aromatic rings. The standard InChI is InChI=1S/C33H64O2/c1-4-6-8-10-12-14-16-17-18-19-20-21-23-25-27-29-31-35-33(34)32(3)30-28-26-24-22-15-13-11-9-7-5-2/h3-31H2,1-2H3. The number of rotatable bonds is 29. The lowest BCUT2D eigenvalue weighted by Crippen LogP contribution is -2.08. The fourth-order valence-electron chi connectivity index (χ4n) is 4.84. The highest BCUT2D eigenvalue weighted by Gasteiger charge is 2.08. The van der Waals surface area contributed by atoms with E-state index in [0.29, 0.717) is 12.2 Å². The molecule has 0 saturated carbocycles. The van der Waals surface area contributed by atoms with E-state index in [1.54, 1.807) is 0 Å². The molecule has 0 fully saturated rings. The van der Waals surface area contributed by atoms with Crippen LogP contribution in [0, 0.1) is 0 Å². The van der Waals surface area contributed by atoms with Gasteiger partial charge in [-0.3, -0.25) is 0 Å². The molecular formula is C33H64O2. The lowest BCUT2D eigenvalue weighted by Gasteiger charge is -2.07. The molecule has 0 spiro atoms. The van der Waals surface area contributed by atoms with Crippen LogP contribution in [-0.2, 0) is 9.53 Å². The molecule has 0 saturated heterocycles. The quantitative estimate of drug-likeness (QED) is 0.0589. The Balaban J connectivity index is 3.27. The number of carbonyl (C=O) groups excluding carboxylic acids is 1. The van der Waals surface area contributed by atoms with Gasteiger partial charge in [-0.1, -0.05) is 175 Å². The fraction of sp³-hybridized carbons (Fsp3) is 0.909. The first-order valence-corrected chi connectivity index (χ1v) is 16.1. The van der Waals surface area contributed by atoms with Crippen molar-refractivity contribution < 1.29 is 9.53 Å². The number of unbranched alkanes of at least 4 members (excludes halogenated alkanes) is 24. The molecule has 0 rings (SSSR count). The normalized spacial score (nSPS) is 11.1. The van der Waals surface area contributed by atoms with Crippen LogP contribution in [-0.4, -0.2) is 12.6 Å². The first-order chi connectivity index (χ1) is 17.2. The van der Waals surface area contributed by atoms with Crippen molar-refractivity contribution in [2.24, 2.45) is 0 Å². The fourth-order valence-corrected chi connectivity index (χ4v) is 4.84. The minimum atomic E-state index is -0.165. The summed E-state index contributed by atoms with van der Waals surface area (Å²) in [6.07, 6.45) is 35.8. The maximum absolute atomic E-state index is 12.1. The molecule has 0 atom stereocenters. The van der Waals surface area contributed by atoms with Crippen molar-refractivity contribution >= 4 is 5.97 Å². The summed E-state index contributed by atoms with van der Waals surface area (Å²) >= 11 is 0. The average Bonchev–Trinajstić information content (AvgIpc) is 2.86. The van der Waals surface area contributed by atoms with E-state index in [1.165, 1.54) is 154 Å². The Bertz CT molecular complexity index is 442. The van der Waals surface area contributed by atoms with Gasteiger partial charge in [0, 0.05) is 5.57 Å². The molecule has 0 aliphatic rings. The van der Waals surface area contributed by atoms with Crippen LogP contribution in [0.2, 0.25) is 0 Å². The predicted molar refractivity (Wildman–Crippen MR) is 156 cm³/mol. The SMILES string of the molecule is C=C(CCCCCCCCCCCC)C(=O)OCCCCCCCCCCCCCCCCCC. The van der Waals surface area contributed by atoms with Crippen LogP contribution in [0.3, 0.4) is 0 Å². The summed E-state index contributed by atoms with van der Waals surface area (Å²) in [5.74, 6) is -0.165. The van der Waals surface area contributed by atoms with Crippen LogP contribution in [0.1, 0.15) is 187 Å². The Morgan fingerprint density at radius 3 is 1.09 bits per heavy atom. The summed E-state index contributed by atoms with van der Waals surface area (Å²) in [7, 11) is 0. The molecular weight excluding hydrogens is 428 g/mol. The summed E-state index contributed by atoms with van der Waals surface area (Å²) in [5, 5.41) is 0. The van der Waals surface area contributed by atoms with Gasteiger partial charge in [-0.2, -0.15) is 0 Å². The molecule has 0 aliphatic carbocycles. The Kier molecular flexibility index (Phi) is 28.8. The maximum Gasteiger partial charge on any atom is 0.333 e. The largest absolute Gasteiger partial charge is 0.462 e. The second-order valence-corrected chi connectivity index (χ2v) is 11.0. The number of ether oxygens (including phenoxy) is 1. The molecule has 0 amide bonds. The summed E-state index contributed by atoms with van der Waals surface area (Å²) < 4.78 is 5.43. The minimum absolute atomic E-state index is 0.165. The van der Waals surface area contributed by atoms with Gasteiger partial charge in [0.1, 0.15) is 0 Å². The predicted octanol–water partition coefficient (Wildman–Crippen LogP) is 11.7. The van der Waals surface area contributed by atoms with E-state index in [9.17, 15) is 4.79 Å². The molecule has 0 aromatic carbocycles. The molecule has 0 heterocycles. The molecule has 0 bridgehead atoms. The first kappa shape index (κ1) is 34.2. The van der Waals surface area contributed by atoms with Gasteiger partial charge in [0.15, 0.2) is 0 Å². The van der Waals surface area contributed by atoms with E-state index >= 15 is 0 Å². The maximum atomic E-state index is 12.1. The minimum Gasteiger partial charge on any atom is -0.462 e. The van der Waals surface area contributed by atoms with Crippen molar-refractivity contribution in [3.63, 3.8) is 0 Å². The van der Waals surface area contributed by atoms with Crippen molar-refractivity contribution in [3.8, 4) is 0 Å². The molecule has 0 radical (unpaired) electrons. The van der Waals surface area contributed by atoms with E-state index in [0.717, 1.165) is 19.3 Å². The van der Waals surface area contributed by atoms with Gasteiger partial charge >= 0.3 is 5.97 Å². The summed E-state index contributed by atoms with van der Waals surface area (Å²) in [6, 6.07) is 0. The smallest absolute Gasteiger partial charge is 0.333 e. The van der Waals surface area contributed by atoms with Crippen molar-refractivity contribution in [2.75, 3.05) is 6.61 Å². The second kappa shape index (κ2) is 29.4. The van der Waals surface area contributed by atoms with Crippen LogP contribution >= 0.6 is 0 Å². The zero-order valence-corrected chi connectivity index (χ0v) is 24.3. The van der Waals surface area contributed by atoms with Gasteiger partial charge in [-0.05, 0) is 19.3 Å². The van der Waals surface area contributed by atoms with E-state index < -0.39 is 0 Å². The number of carbonyl (C=O) groups is 1. The van der Waals surface area contributed by atoms with Crippen molar-refractivity contribution in [3.05, 3.63) is 12.2 Å². The van der Waals surface area contributed by atoms with Crippen LogP contribution in [0.5, 0.6) is 0 Å². The molecule has 208 valence electrons. The number of esters is 1. The zero-order chi connectivity index (χ0) is 25.7. The second-order valence-electron chi connectivity index (χ2n) is 11.0. The Hall–Kier alpha value is -0.790. The Morgan fingerprint density at radius 2 is 0.743 bits per heavy atom. The van der Waals surface area contributed by atoms with Gasteiger partial charge in [-0.15, -0.1) is 0 Å². The third kappa shape index (κ3) is 27.6. The highest BCUT2D eigenvalue weighted by molar-refractivity contribution is 5.87. The molecule has 0 aliphatic heterocycles. The molecule has 2 heteroatoms. The molecule has 0 unspecified atom stereocenters. The van der Waals surface area contributed by atoms with E-state index in [1.807, 2.05) is 0 Å². The molecule has 0 aromatic heterocycles. The highest BCUT2D eigenvalue weighted by Crippen LogP contribution is 2.15. The van der Waals surface area contributed by atoms with Crippen molar-refractivity contribution in [1.29, 1.82) is 0 Å². The number of hydrogen-bond donors (Lipinski definition) is 0. The Morgan fingerprint density at radius 1 is 0.457 bits per heavy atom. The third-order valence-corrected chi connectivity index (χ3v) is 7.35. The van der Waals surface area contributed by atoms with Gasteiger partial charge in [0.05, 0.1) is 6.61 Å². The van der Waals surface area contributed by atoms with Gasteiger partial charge in [0.2, 0.25) is 0 Å². The molecule has 0 N–H and O–H groups in total. The van der Waals surface area contributed by atoms with Crippen molar-refractivity contribution in [2.45, 2.75) is 187 Å². The summed E-state index contributed by atoms with van der Waals surface area (Å²) in [6.45, 7) is 9.07. The van der Waals surface area contributed by atoms with E-state index in [2.05, 4.69) is 20.4 Å². The highest BCUT2D eigenvalue weighted by atomic mass is 16.5. The lowest BCUT2D eigenvalue weighted by molar-refractivity contribution is -0.139. The van der Waals surface area contributed by atoms with Gasteiger partial charge < -0.3 is 4.74 Å². The number of hydrogen-bond acceptors (Lipinski definition) is 2. The van der Waals surface area contributed by atoms with Crippen LogP contribution in [0.15, 0.2) is 12.2 Å². The van der Waals surface area contributed by atoms with Crippen LogP contribution < -0.4 is 0 Å². The average molecular weight is 493 g/mol. The zero-order valence-electron chi connectivity index (χ0n) is 24.3. The van der Waals surface area contributed by atoms with E-state index in [4.69, 9.17) is 4.74 Å². The van der Waals surface area contributed by atoms with Crippen LogP contribution in [0.25, 0.3) is 0 Å². The van der Waals surface area contributed by atoms with E-state index in [-0.39, 0.29) is 5.97 Å². The van der Waals surface area contributed by atoms with Crippen molar-refractivity contribution in [1.82, 2.24) is 0 Å². The summed E-state index contributed by atoms with van der Waals surface area (Å²) in [5.41, 5.74) is 0.668. The van der Waals surface area contributed by atoms with Gasteiger partial charge in [-0.25, -0.2) is 4.79 Å².